The van der Waals surface area contributed by atoms with Crippen molar-refractivity contribution in [1.82, 2.24) is 15.1 Å². The molecule has 7 heteroatoms. The molecule has 1 unspecified atom stereocenters. The number of aliphatic carboxylic acids is 1. The molecule has 0 aromatic carbocycles. The number of carbonyl (C=O) groups excluding carboxylic acids is 1. The van der Waals surface area contributed by atoms with Crippen LogP contribution >= 0.6 is 11.8 Å². The molecule has 2 aliphatic heterocycles. The molecule has 102 valence electrons. The van der Waals surface area contributed by atoms with E-state index in [9.17, 15) is 9.59 Å². The lowest BCUT2D eigenvalue weighted by atomic mass is 10.2. The summed E-state index contributed by atoms with van der Waals surface area (Å²) in [6.45, 7) is 3.53. The largest absolute Gasteiger partial charge is 0.480 e. The number of amides is 1. The third-order valence-corrected chi connectivity index (χ3v) is 4.32. The summed E-state index contributed by atoms with van der Waals surface area (Å²) >= 11 is 1.81. The molecular formula is C11H19N3O3S. The summed E-state index contributed by atoms with van der Waals surface area (Å²) in [5.74, 6) is 1.27. The minimum absolute atomic E-state index is 0.0604. The van der Waals surface area contributed by atoms with Crippen LogP contribution in [0.25, 0.3) is 0 Å². The van der Waals surface area contributed by atoms with Crippen LogP contribution in [0, 0.1) is 0 Å². The van der Waals surface area contributed by atoms with Crippen molar-refractivity contribution in [2.24, 2.45) is 0 Å². The number of carboxylic acids is 1. The molecule has 0 saturated carbocycles. The van der Waals surface area contributed by atoms with Crippen molar-refractivity contribution in [1.29, 1.82) is 0 Å². The van der Waals surface area contributed by atoms with Crippen molar-refractivity contribution in [3.63, 3.8) is 0 Å². The molecule has 2 N–H and O–H groups in total. The maximum absolute atomic E-state index is 12.2. The molecule has 0 aliphatic carbocycles. The monoisotopic (exact) mass is 273 g/mol. The summed E-state index contributed by atoms with van der Waals surface area (Å²) in [6, 6.07) is -0.0604. The van der Waals surface area contributed by atoms with Crippen molar-refractivity contribution >= 4 is 23.6 Å². The molecule has 0 radical (unpaired) electrons. The highest BCUT2D eigenvalue weighted by molar-refractivity contribution is 7.99. The van der Waals surface area contributed by atoms with Gasteiger partial charge in [0.25, 0.3) is 0 Å². The van der Waals surface area contributed by atoms with Crippen LogP contribution in [0.5, 0.6) is 0 Å². The Hall–Kier alpha value is -0.790. The quantitative estimate of drug-likeness (QED) is 0.681. The van der Waals surface area contributed by atoms with Gasteiger partial charge in [-0.05, 0) is 0 Å². The number of carboxylic acid groups (broad SMARTS) is 1. The Morgan fingerprint density at radius 3 is 2.56 bits per heavy atom. The zero-order chi connectivity index (χ0) is 13.0. The topological polar surface area (TPSA) is 72.9 Å². The smallest absolute Gasteiger partial charge is 0.317 e. The number of piperazine rings is 1. The molecular weight excluding hydrogens is 254 g/mol. The average Bonchev–Trinajstić information content (AvgIpc) is 2.39. The first-order chi connectivity index (χ1) is 8.66. The first-order valence-electron chi connectivity index (χ1n) is 6.21. The third kappa shape index (κ3) is 3.60. The Kier molecular flexibility index (Phi) is 4.85. The second kappa shape index (κ2) is 6.40. The van der Waals surface area contributed by atoms with Crippen LogP contribution in [0.2, 0.25) is 0 Å². The minimum atomic E-state index is -0.805. The van der Waals surface area contributed by atoms with E-state index in [1.165, 1.54) is 0 Å². The van der Waals surface area contributed by atoms with Crippen LogP contribution < -0.4 is 5.32 Å². The van der Waals surface area contributed by atoms with Gasteiger partial charge < -0.3 is 15.3 Å². The van der Waals surface area contributed by atoms with Gasteiger partial charge in [-0.1, -0.05) is 0 Å². The molecule has 18 heavy (non-hydrogen) atoms. The van der Waals surface area contributed by atoms with E-state index in [0.29, 0.717) is 26.2 Å². The molecule has 1 atom stereocenters. The molecule has 0 aromatic heterocycles. The van der Waals surface area contributed by atoms with Crippen molar-refractivity contribution < 1.29 is 14.7 Å². The van der Waals surface area contributed by atoms with E-state index >= 15 is 0 Å². The molecule has 2 saturated heterocycles. The lowest BCUT2D eigenvalue weighted by Crippen LogP contribution is -2.56. The number of hydrogen-bond donors (Lipinski definition) is 2. The Morgan fingerprint density at radius 2 is 2.00 bits per heavy atom. The van der Waals surface area contributed by atoms with E-state index in [2.05, 4.69) is 5.32 Å². The number of rotatable bonds is 3. The van der Waals surface area contributed by atoms with Crippen molar-refractivity contribution in [2.75, 3.05) is 50.8 Å². The maximum Gasteiger partial charge on any atom is 0.317 e. The van der Waals surface area contributed by atoms with Crippen LogP contribution in [0.3, 0.4) is 0 Å². The standard InChI is InChI=1S/C11H19N3O3S/c15-10(16)7-13-2-4-14(5-3-13)11(17)9-8-18-6-1-12-9/h9,12H,1-8H2,(H,15,16). The van der Waals surface area contributed by atoms with Gasteiger partial charge in [0.2, 0.25) is 5.91 Å². The van der Waals surface area contributed by atoms with E-state index in [1.54, 1.807) is 11.8 Å². The number of hydrogen-bond acceptors (Lipinski definition) is 5. The second-order valence-electron chi connectivity index (χ2n) is 4.58. The van der Waals surface area contributed by atoms with Gasteiger partial charge in [-0.25, -0.2) is 0 Å². The van der Waals surface area contributed by atoms with Crippen molar-refractivity contribution in [3.8, 4) is 0 Å². The van der Waals surface area contributed by atoms with E-state index in [0.717, 1.165) is 18.1 Å². The zero-order valence-electron chi connectivity index (χ0n) is 10.3. The number of carbonyl (C=O) groups is 2. The second-order valence-corrected chi connectivity index (χ2v) is 5.73. The fourth-order valence-electron chi connectivity index (χ4n) is 2.26. The molecule has 2 rings (SSSR count). The summed E-state index contributed by atoms with van der Waals surface area (Å²) in [5, 5.41) is 11.9. The molecule has 2 fully saturated rings. The van der Waals surface area contributed by atoms with Gasteiger partial charge in [0.15, 0.2) is 0 Å². The van der Waals surface area contributed by atoms with Gasteiger partial charge in [-0.2, -0.15) is 11.8 Å². The molecule has 0 bridgehead atoms. The van der Waals surface area contributed by atoms with E-state index < -0.39 is 5.97 Å². The van der Waals surface area contributed by atoms with Crippen LogP contribution in [-0.2, 0) is 9.59 Å². The minimum Gasteiger partial charge on any atom is -0.480 e. The summed E-state index contributed by atoms with van der Waals surface area (Å²) in [6.07, 6.45) is 0. The highest BCUT2D eigenvalue weighted by atomic mass is 32.2. The fraction of sp³-hybridized carbons (Fsp3) is 0.818. The van der Waals surface area contributed by atoms with E-state index in [1.807, 2.05) is 9.80 Å². The summed E-state index contributed by atoms with van der Waals surface area (Å²) in [7, 11) is 0. The van der Waals surface area contributed by atoms with Gasteiger partial charge in [0.1, 0.15) is 0 Å². The Labute approximate surface area is 111 Å². The third-order valence-electron chi connectivity index (χ3n) is 3.26. The maximum atomic E-state index is 12.2. The highest BCUT2D eigenvalue weighted by Gasteiger charge is 2.28. The zero-order valence-corrected chi connectivity index (χ0v) is 11.1. The molecule has 1 amide bonds. The first kappa shape index (κ1) is 13.6. The number of nitrogens with one attached hydrogen (secondary N) is 1. The fourth-order valence-corrected chi connectivity index (χ4v) is 3.19. The molecule has 6 nitrogen and oxygen atoms in total. The Balaban J connectivity index is 1.78. The highest BCUT2D eigenvalue weighted by Crippen LogP contribution is 2.11. The van der Waals surface area contributed by atoms with Crippen LogP contribution in [-0.4, -0.2) is 83.6 Å². The Morgan fingerprint density at radius 1 is 1.28 bits per heavy atom. The number of nitrogens with zero attached hydrogens (tertiary/aromatic N) is 2. The predicted molar refractivity (Wildman–Crippen MR) is 69.8 cm³/mol. The molecule has 0 spiro atoms. The lowest BCUT2D eigenvalue weighted by Gasteiger charge is -2.36. The van der Waals surface area contributed by atoms with E-state index in [-0.39, 0.29) is 18.5 Å². The van der Waals surface area contributed by atoms with Crippen LogP contribution in [0.1, 0.15) is 0 Å². The molecule has 2 heterocycles. The van der Waals surface area contributed by atoms with Gasteiger partial charge in [0, 0.05) is 44.2 Å². The van der Waals surface area contributed by atoms with Gasteiger partial charge >= 0.3 is 5.97 Å². The lowest BCUT2D eigenvalue weighted by molar-refractivity contribution is -0.139. The average molecular weight is 273 g/mol. The first-order valence-corrected chi connectivity index (χ1v) is 7.36. The summed E-state index contributed by atoms with van der Waals surface area (Å²) in [4.78, 5) is 26.5. The van der Waals surface area contributed by atoms with Gasteiger partial charge in [0.05, 0.1) is 12.6 Å². The SMILES string of the molecule is O=C(O)CN1CCN(C(=O)C2CSCCN2)CC1. The van der Waals surface area contributed by atoms with Crippen molar-refractivity contribution in [2.45, 2.75) is 6.04 Å². The van der Waals surface area contributed by atoms with E-state index in [4.69, 9.17) is 5.11 Å². The van der Waals surface area contributed by atoms with Crippen molar-refractivity contribution in [3.05, 3.63) is 0 Å². The normalized spacial score (nSPS) is 26.0. The van der Waals surface area contributed by atoms with Crippen LogP contribution in [0.15, 0.2) is 0 Å². The predicted octanol–water partition coefficient (Wildman–Crippen LogP) is -1.08. The van der Waals surface area contributed by atoms with Gasteiger partial charge in [-0.3, -0.25) is 14.5 Å². The Bertz CT molecular complexity index is 313. The number of thioether (sulfide) groups is 1. The summed E-state index contributed by atoms with van der Waals surface area (Å²) in [5.41, 5.74) is 0. The van der Waals surface area contributed by atoms with Gasteiger partial charge in [-0.15, -0.1) is 0 Å². The molecule has 2 aliphatic rings. The molecule has 0 aromatic rings. The van der Waals surface area contributed by atoms with Crippen LogP contribution in [0.4, 0.5) is 0 Å². The summed E-state index contributed by atoms with van der Waals surface area (Å²) < 4.78 is 0.